The van der Waals surface area contributed by atoms with Crippen LogP contribution in [0.2, 0.25) is 0 Å². The number of guanidine groups is 1. The number of benzene rings is 2. The number of ether oxygens (including phenoxy) is 1. The van der Waals surface area contributed by atoms with Crippen molar-refractivity contribution in [3.63, 3.8) is 0 Å². The molecule has 1 unspecified atom stereocenters. The minimum Gasteiger partial charge on any atom is -0.379 e. The van der Waals surface area contributed by atoms with Crippen molar-refractivity contribution in [2.75, 3.05) is 58.9 Å². The van der Waals surface area contributed by atoms with E-state index in [9.17, 15) is 4.39 Å². The third-order valence-corrected chi connectivity index (χ3v) is 5.34. The highest BCUT2D eigenvalue weighted by Gasteiger charge is 2.23. The molecule has 0 amide bonds. The zero-order chi connectivity index (χ0) is 21.3. The maximum Gasteiger partial charge on any atom is 0.191 e. The molecule has 3 rings (SSSR count). The van der Waals surface area contributed by atoms with Gasteiger partial charge in [0.25, 0.3) is 0 Å². The maximum absolute atomic E-state index is 13.4. The third kappa shape index (κ3) is 7.62. The van der Waals surface area contributed by atoms with Crippen LogP contribution in [0, 0.1) is 5.82 Å². The molecule has 6 nitrogen and oxygen atoms in total. The van der Waals surface area contributed by atoms with Crippen LogP contribution in [0.4, 0.5) is 10.1 Å². The molecule has 0 bridgehead atoms. The van der Waals surface area contributed by atoms with Crippen molar-refractivity contribution >= 4 is 35.6 Å². The minimum absolute atomic E-state index is 0. The zero-order valence-corrected chi connectivity index (χ0v) is 20.8. The molecule has 1 atom stereocenters. The second-order valence-corrected chi connectivity index (χ2v) is 7.58. The average molecular weight is 541 g/mol. The first-order chi connectivity index (χ1) is 14.6. The molecule has 0 radical (unpaired) electrons. The van der Waals surface area contributed by atoms with Gasteiger partial charge in [0.1, 0.15) is 5.82 Å². The van der Waals surface area contributed by atoms with Gasteiger partial charge in [0.2, 0.25) is 0 Å². The Balaban J connectivity index is 0.00000341. The number of morpholine rings is 1. The Morgan fingerprint density at radius 3 is 2.29 bits per heavy atom. The quantitative estimate of drug-likeness (QED) is 0.321. The van der Waals surface area contributed by atoms with Crippen LogP contribution in [0.1, 0.15) is 17.2 Å². The summed E-state index contributed by atoms with van der Waals surface area (Å²) < 4.78 is 18.9. The van der Waals surface area contributed by atoms with Gasteiger partial charge in [0.15, 0.2) is 5.96 Å². The van der Waals surface area contributed by atoms with Gasteiger partial charge >= 0.3 is 0 Å². The fourth-order valence-corrected chi connectivity index (χ4v) is 3.54. The fraction of sp³-hybridized carbons (Fsp3) is 0.435. The van der Waals surface area contributed by atoms with E-state index >= 15 is 0 Å². The maximum atomic E-state index is 13.4. The molecule has 0 saturated carbocycles. The van der Waals surface area contributed by atoms with Crippen LogP contribution in [0.3, 0.4) is 0 Å². The second-order valence-electron chi connectivity index (χ2n) is 7.58. The van der Waals surface area contributed by atoms with Gasteiger partial charge in [-0.05, 0) is 35.4 Å². The molecule has 170 valence electrons. The van der Waals surface area contributed by atoms with Crippen molar-refractivity contribution in [2.45, 2.75) is 12.6 Å². The normalized spacial score (nSPS) is 15.7. The van der Waals surface area contributed by atoms with E-state index in [2.05, 4.69) is 49.7 Å². The molecule has 1 fully saturated rings. The number of nitrogens with one attached hydrogen (secondary N) is 2. The van der Waals surface area contributed by atoms with Gasteiger partial charge in [0, 0.05) is 53.0 Å². The summed E-state index contributed by atoms with van der Waals surface area (Å²) in [5.41, 5.74) is 3.45. The summed E-state index contributed by atoms with van der Waals surface area (Å²) in [5.74, 6) is 0.525. The SMILES string of the molecule is CN=C(NCc1ccc(N(C)C)cc1)NCC(c1ccc(F)cc1)N1CCOCC1.I. The van der Waals surface area contributed by atoms with Crippen molar-refractivity contribution in [1.82, 2.24) is 15.5 Å². The molecule has 2 N–H and O–H groups in total. The summed E-state index contributed by atoms with van der Waals surface area (Å²) in [6, 6.07) is 15.3. The van der Waals surface area contributed by atoms with Crippen molar-refractivity contribution in [1.29, 1.82) is 0 Å². The standard InChI is InChI=1S/C23H32FN5O.HI/c1-25-23(26-16-18-4-10-21(11-5-18)28(2)3)27-17-22(29-12-14-30-15-13-29)19-6-8-20(24)9-7-19;/h4-11,22H,12-17H2,1-3H3,(H2,25,26,27);1H. The molecule has 0 aromatic heterocycles. The first-order valence-corrected chi connectivity index (χ1v) is 10.3. The highest BCUT2D eigenvalue weighted by Crippen LogP contribution is 2.21. The van der Waals surface area contributed by atoms with Crippen molar-refractivity contribution in [3.05, 3.63) is 65.5 Å². The lowest BCUT2D eigenvalue weighted by Gasteiger charge is -2.35. The van der Waals surface area contributed by atoms with Crippen LogP contribution >= 0.6 is 24.0 Å². The number of halogens is 2. The Morgan fingerprint density at radius 1 is 1.06 bits per heavy atom. The largest absolute Gasteiger partial charge is 0.379 e. The first kappa shape index (κ1) is 25.4. The summed E-state index contributed by atoms with van der Waals surface area (Å²) >= 11 is 0. The van der Waals surface area contributed by atoms with Crippen molar-refractivity contribution in [3.8, 4) is 0 Å². The van der Waals surface area contributed by atoms with Crippen molar-refractivity contribution in [2.24, 2.45) is 4.99 Å². The van der Waals surface area contributed by atoms with E-state index in [1.165, 1.54) is 23.4 Å². The van der Waals surface area contributed by atoms with E-state index < -0.39 is 0 Å². The Kier molecular flexibility index (Phi) is 10.5. The summed E-state index contributed by atoms with van der Waals surface area (Å²) in [7, 11) is 5.84. The van der Waals surface area contributed by atoms with Gasteiger partial charge in [-0.2, -0.15) is 0 Å². The Bertz CT molecular complexity index is 808. The van der Waals surface area contributed by atoms with Crippen LogP contribution in [0.15, 0.2) is 53.5 Å². The average Bonchev–Trinajstić information content (AvgIpc) is 2.78. The van der Waals surface area contributed by atoms with Crippen LogP contribution in [-0.4, -0.2) is 64.9 Å². The van der Waals surface area contributed by atoms with Gasteiger partial charge in [-0.3, -0.25) is 9.89 Å². The molecular formula is C23H33FIN5O. The minimum atomic E-state index is -0.217. The van der Waals surface area contributed by atoms with Crippen LogP contribution in [-0.2, 0) is 11.3 Å². The molecule has 1 heterocycles. The van der Waals surface area contributed by atoms with E-state index in [-0.39, 0.29) is 35.8 Å². The molecule has 2 aromatic carbocycles. The molecular weight excluding hydrogens is 508 g/mol. The van der Waals surface area contributed by atoms with Gasteiger partial charge < -0.3 is 20.3 Å². The fourth-order valence-electron chi connectivity index (χ4n) is 3.54. The van der Waals surface area contributed by atoms with E-state index in [1.807, 2.05) is 26.2 Å². The second kappa shape index (κ2) is 12.8. The monoisotopic (exact) mass is 541 g/mol. The summed E-state index contributed by atoms with van der Waals surface area (Å²) in [6.07, 6.45) is 0. The van der Waals surface area contributed by atoms with Gasteiger partial charge in [-0.25, -0.2) is 4.39 Å². The number of aliphatic imine (C=N–C) groups is 1. The number of hydrogen-bond acceptors (Lipinski definition) is 4. The Morgan fingerprint density at radius 2 is 1.71 bits per heavy atom. The van der Waals surface area contributed by atoms with Gasteiger partial charge in [-0.15, -0.1) is 24.0 Å². The molecule has 0 spiro atoms. The lowest BCUT2D eigenvalue weighted by atomic mass is 10.0. The van der Waals surface area contributed by atoms with Crippen LogP contribution in [0.5, 0.6) is 0 Å². The first-order valence-electron chi connectivity index (χ1n) is 10.3. The number of anilines is 1. The third-order valence-electron chi connectivity index (χ3n) is 5.34. The number of nitrogens with zero attached hydrogens (tertiary/aromatic N) is 3. The van der Waals surface area contributed by atoms with E-state index in [4.69, 9.17) is 4.74 Å². The lowest BCUT2D eigenvalue weighted by molar-refractivity contribution is 0.0170. The molecule has 1 saturated heterocycles. The smallest absolute Gasteiger partial charge is 0.191 e. The topological polar surface area (TPSA) is 52.1 Å². The van der Waals surface area contributed by atoms with Crippen LogP contribution in [0.25, 0.3) is 0 Å². The highest BCUT2D eigenvalue weighted by atomic mass is 127. The molecule has 1 aliphatic heterocycles. The summed E-state index contributed by atoms with van der Waals surface area (Å²) in [5, 5.41) is 6.81. The van der Waals surface area contributed by atoms with Crippen LogP contribution < -0.4 is 15.5 Å². The number of hydrogen-bond donors (Lipinski definition) is 2. The molecule has 8 heteroatoms. The van der Waals surface area contributed by atoms with Gasteiger partial charge in [0.05, 0.1) is 19.3 Å². The van der Waals surface area contributed by atoms with E-state index in [0.717, 1.165) is 24.6 Å². The van der Waals surface area contributed by atoms with E-state index in [0.29, 0.717) is 26.3 Å². The molecule has 0 aliphatic carbocycles. The summed E-state index contributed by atoms with van der Waals surface area (Å²) in [6.45, 7) is 4.50. The Hall–Kier alpha value is -1.91. The molecule has 1 aliphatic rings. The molecule has 2 aromatic rings. The van der Waals surface area contributed by atoms with E-state index in [1.54, 1.807) is 7.05 Å². The van der Waals surface area contributed by atoms with Gasteiger partial charge in [-0.1, -0.05) is 24.3 Å². The number of rotatable bonds is 7. The summed E-state index contributed by atoms with van der Waals surface area (Å²) in [4.78, 5) is 8.81. The molecule has 31 heavy (non-hydrogen) atoms. The lowest BCUT2D eigenvalue weighted by Crippen LogP contribution is -2.46. The Labute approximate surface area is 201 Å². The predicted molar refractivity (Wildman–Crippen MR) is 136 cm³/mol. The van der Waals surface area contributed by atoms with Crippen molar-refractivity contribution < 1.29 is 9.13 Å². The predicted octanol–water partition coefficient (Wildman–Crippen LogP) is 3.25. The zero-order valence-electron chi connectivity index (χ0n) is 18.5. The highest BCUT2D eigenvalue weighted by molar-refractivity contribution is 14.0.